The van der Waals surface area contributed by atoms with E-state index in [0.717, 1.165) is 11.6 Å². The van der Waals surface area contributed by atoms with Gasteiger partial charge in [0.25, 0.3) is 0 Å². The quantitative estimate of drug-likeness (QED) is 0.899. The molecule has 4 heteroatoms. The summed E-state index contributed by atoms with van der Waals surface area (Å²) in [6.45, 7) is 2.18. The van der Waals surface area contributed by atoms with Gasteiger partial charge in [-0.2, -0.15) is 0 Å². The Morgan fingerprint density at radius 1 is 1.30 bits per heavy atom. The van der Waals surface area contributed by atoms with Gasteiger partial charge in [0, 0.05) is 35.6 Å². The van der Waals surface area contributed by atoms with Crippen molar-refractivity contribution in [2.45, 2.75) is 44.7 Å². The van der Waals surface area contributed by atoms with Gasteiger partial charge in [0.15, 0.2) is 0 Å². The van der Waals surface area contributed by atoms with E-state index in [1.54, 1.807) is 12.4 Å². The van der Waals surface area contributed by atoms with Gasteiger partial charge in [-0.15, -0.1) is 11.3 Å². The Bertz CT molecular complexity index is 506. The van der Waals surface area contributed by atoms with Crippen LogP contribution in [0.15, 0.2) is 36.1 Å². The molecular formula is C16H21N3S. The van der Waals surface area contributed by atoms with Gasteiger partial charge in [-0.05, 0) is 37.1 Å². The smallest absolute Gasteiger partial charge is 0.0753 e. The van der Waals surface area contributed by atoms with E-state index in [1.165, 1.54) is 30.6 Å². The summed E-state index contributed by atoms with van der Waals surface area (Å²) in [5, 5.41) is 5.96. The van der Waals surface area contributed by atoms with Crippen LogP contribution in [-0.4, -0.2) is 9.97 Å². The molecule has 0 radical (unpaired) electrons. The summed E-state index contributed by atoms with van der Waals surface area (Å²) < 4.78 is 0. The summed E-state index contributed by atoms with van der Waals surface area (Å²) in [5.41, 5.74) is 1.02. The highest BCUT2D eigenvalue weighted by atomic mass is 32.1. The van der Waals surface area contributed by atoms with E-state index in [4.69, 9.17) is 0 Å². The van der Waals surface area contributed by atoms with Crippen molar-refractivity contribution in [2.24, 2.45) is 5.92 Å². The zero-order valence-electron chi connectivity index (χ0n) is 11.8. The van der Waals surface area contributed by atoms with Crippen LogP contribution in [0.25, 0.3) is 0 Å². The van der Waals surface area contributed by atoms with Gasteiger partial charge in [0.1, 0.15) is 0 Å². The Morgan fingerprint density at radius 3 is 2.80 bits per heavy atom. The first-order valence-corrected chi connectivity index (χ1v) is 8.28. The van der Waals surface area contributed by atoms with Crippen LogP contribution in [0.2, 0.25) is 0 Å². The zero-order chi connectivity index (χ0) is 13.8. The van der Waals surface area contributed by atoms with Crippen molar-refractivity contribution in [1.29, 1.82) is 0 Å². The molecule has 2 unspecified atom stereocenters. The highest BCUT2D eigenvalue weighted by Gasteiger charge is 2.28. The molecule has 0 bridgehead atoms. The first-order valence-electron chi connectivity index (χ1n) is 7.40. The lowest BCUT2D eigenvalue weighted by Gasteiger charge is -2.27. The van der Waals surface area contributed by atoms with Crippen LogP contribution in [0.1, 0.15) is 55.3 Å². The van der Waals surface area contributed by atoms with Crippen LogP contribution in [0.4, 0.5) is 0 Å². The molecule has 0 aromatic carbocycles. The molecule has 1 saturated carbocycles. The molecule has 1 N–H and O–H groups in total. The van der Waals surface area contributed by atoms with Gasteiger partial charge in [0.05, 0.1) is 5.69 Å². The maximum atomic E-state index is 4.42. The largest absolute Gasteiger partial charge is 0.301 e. The predicted molar refractivity (Wildman–Crippen MR) is 82.6 cm³/mol. The van der Waals surface area contributed by atoms with Crippen molar-refractivity contribution in [3.05, 3.63) is 46.7 Å². The maximum Gasteiger partial charge on any atom is 0.0753 e. The first kappa shape index (κ1) is 13.7. The molecule has 2 heterocycles. The maximum absolute atomic E-state index is 4.42. The van der Waals surface area contributed by atoms with Gasteiger partial charge in [-0.1, -0.05) is 18.9 Å². The van der Waals surface area contributed by atoms with Crippen LogP contribution >= 0.6 is 11.3 Å². The van der Waals surface area contributed by atoms with Crippen molar-refractivity contribution in [3.8, 4) is 0 Å². The number of hydrogen-bond acceptors (Lipinski definition) is 4. The van der Waals surface area contributed by atoms with E-state index in [0.29, 0.717) is 6.04 Å². The van der Waals surface area contributed by atoms with Crippen LogP contribution in [0.5, 0.6) is 0 Å². The second-order valence-corrected chi connectivity index (χ2v) is 6.54. The van der Waals surface area contributed by atoms with Gasteiger partial charge in [-0.25, -0.2) is 0 Å². The van der Waals surface area contributed by atoms with E-state index >= 15 is 0 Å². The van der Waals surface area contributed by atoms with Crippen LogP contribution < -0.4 is 5.32 Å². The van der Waals surface area contributed by atoms with Crippen molar-refractivity contribution in [1.82, 2.24) is 15.3 Å². The lowest BCUT2D eigenvalue weighted by molar-refractivity contribution is 0.340. The van der Waals surface area contributed by atoms with Gasteiger partial charge in [0.2, 0.25) is 0 Å². The van der Waals surface area contributed by atoms with Crippen molar-refractivity contribution in [2.75, 3.05) is 0 Å². The number of nitrogens with one attached hydrogen (secondary N) is 1. The lowest BCUT2D eigenvalue weighted by atomic mass is 9.95. The van der Waals surface area contributed by atoms with E-state index in [1.807, 2.05) is 17.5 Å². The molecule has 2 aromatic heterocycles. The SMILES string of the molecule is CC(NC(c1cccs1)C1CCCC1)c1cnccn1. The first-order chi connectivity index (χ1) is 9.84. The third-order valence-electron chi connectivity index (χ3n) is 4.18. The Kier molecular flexibility index (Phi) is 4.43. The average molecular weight is 287 g/mol. The molecular weight excluding hydrogens is 266 g/mol. The molecule has 20 heavy (non-hydrogen) atoms. The van der Waals surface area contributed by atoms with Crippen molar-refractivity contribution >= 4 is 11.3 Å². The van der Waals surface area contributed by atoms with E-state index in [9.17, 15) is 0 Å². The van der Waals surface area contributed by atoms with Gasteiger partial charge < -0.3 is 5.32 Å². The molecule has 3 rings (SSSR count). The zero-order valence-corrected chi connectivity index (χ0v) is 12.6. The van der Waals surface area contributed by atoms with Gasteiger partial charge in [-0.3, -0.25) is 9.97 Å². The standard InChI is InChI=1S/C16H21N3S/c1-12(14-11-17-8-9-18-14)19-16(13-5-2-3-6-13)15-7-4-10-20-15/h4,7-13,16,19H,2-3,5-6H2,1H3. The minimum absolute atomic E-state index is 0.233. The summed E-state index contributed by atoms with van der Waals surface area (Å²) in [5.74, 6) is 0.757. The summed E-state index contributed by atoms with van der Waals surface area (Å²) in [7, 11) is 0. The summed E-state index contributed by atoms with van der Waals surface area (Å²) in [4.78, 5) is 10.0. The molecule has 1 aliphatic carbocycles. The lowest BCUT2D eigenvalue weighted by Crippen LogP contribution is -2.29. The summed E-state index contributed by atoms with van der Waals surface area (Å²) >= 11 is 1.86. The van der Waals surface area contributed by atoms with E-state index < -0.39 is 0 Å². The van der Waals surface area contributed by atoms with Crippen molar-refractivity contribution in [3.63, 3.8) is 0 Å². The molecule has 3 nitrogen and oxygen atoms in total. The Labute approximate surface area is 124 Å². The molecule has 0 amide bonds. The molecule has 0 aliphatic heterocycles. The second-order valence-electron chi connectivity index (χ2n) is 5.56. The molecule has 106 valence electrons. The minimum atomic E-state index is 0.233. The molecule has 2 atom stereocenters. The molecule has 0 saturated heterocycles. The monoisotopic (exact) mass is 287 g/mol. The van der Waals surface area contributed by atoms with Crippen LogP contribution in [0.3, 0.4) is 0 Å². The normalized spacial score (nSPS) is 19.1. The molecule has 2 aromatic rings. The fourth-order valence-electron chi connectivity index (χ4n) is 3.10. The van der Waals surface area contributed by atoms with Crippen LogP contribution in [-0.2, 0) is 0 Å². The van der Waals surface area contributed by atoms with E-state index in [2.05, 4.69) is 39.7 Å². The summed E-state index contributed by atoms with van der Waals surface area (Å²) in [6, 6.07) is 5.09. The predicted octanol–water partition coefficient (Wildman–Crippen LogP) is 4.12. The number of thiophene rings is 1. The third-order valence-corrected chi connectivity index (χ3v) is 5.13. The Hall–Kier alpha value is -1.26. The summed E-state index contributed by atoms with van der Waals surface area (Å²) in [6.07, 6.45) is 10.8. The van der Waals surface area contributed by atoms with Gasteiger partial charge >= 0.3 is 0 Å². The third kappa shape index (κ3) is 3.07. The highest BCUT2D eigenvalue weighted by molar-refractivity contribution is 7.10. The number of hydrogen-bond donors (Lipinski definition) is 1. The van der Waals surface area contributed by atoms with Crippen LogP contribution in [0, 0.1) is 5.92 Å². The molecule has 1 fully saturated rings. The molecule has 1 aliphatic rings. The fraction of sp³-hybridized carbons (Fsp3) is 0.500. The fourth-order valence-corrected chi connectivity index (χ4v) is 3.98. The minimum Gasteiger partial charge on any atom is -0.301 e. The number of aromatic nitrogens is 2. The average Bonchev–Trinajstić information content (AvgIpc) is 3.19. The number of nitrogens with zero attached hydrogens (tertiary/aromatic N) is 2. The van der Waals surface area contributed by atoms with Crippen molar-refractivity contribution < 1.29 is 0 Å². The highest BCUT2D eigenvalue weighted by Crippen LogP contribution is 2.38. The molecule has 0 spiro atoms. The second kappa shape index (κ2) is 6.46. The topological polar surface area (TPSA) is 37.8 Å². The Balaban J connectivity index is 1.76. The number of rotatable bonds is 5. The Morgan fingerprint density at radius 2 is 2.15 bits per heavy atom. The van der Waals surface area contributed by atoms with E-state index in [-0.39, 0.29) is 6.04 Å².